The van der Waals surface area contributed by atoms with Gasteiger partial charge in [-0.25, -0.2) is 4.57 Å². The normalized spacial score (nSPS) is 10.2. The third-order valence-electron chi connectivity index (χ3n) is 2.42. The first-order chi connectivity index (χ1) is 10.0. The first-order valence-corrected chi connectivity index (χ1v) is 7.29. The van der Waals surface area contributed by atoms with Crippen molar-refractivity contribution in [3.63, 3.8) is 0 Å². The maximum Gasteiger partial charge on any atom is 1.00 e. The fourth-order valence-corrected chi connectivity index (χ4v) is 2.35. The number of carbonyl (C=O) groups excluding carboxylic acids is 2. The van der Waals surface area contributed by atoms with Gasteiger partial charge in [-0.2, -0.15) is 0 Å². The Morgan fingerprint density at radius 3 is 1.64 bits per heavy atom. The van der Waals surface area contributed by atoms with Gasteiger partial charge in [0.2, 0.25) is 0 Å². The van der Waals surface area contributed by atoms with Gasteiger partial charge in [0.05, 0.1) is 0 Å². The number of rotatable bonds is 6. The number of phosphoric acid groups is 1. The molecule has 108 valence electrons. The second-order valence-electron chi connectivity index (χ2n) is 4.01. The average molecular weight is 328 g/mol. The molecule has 0 bridgehead atoms. The zero-order chi connectivity index (χ0) is 15.3. The third kappa shape index (κ3) is 5.40. The first-order valence-electron chi connectivity index (χ1n) is 5.83. The molecule has 0 spiro atoms. The third-order valence-corrected chi connectivity index (χ3v) is 3.29. The van der Waals surface area contributed by atoms with Crippen LogP contribution in [0.4, 0.5) is 0 Å². The van der Waals surface area contributed by atoms with Crippen LogP contribution in [-0.2, 0) is 4.57 Å². The Bertz CT molecular complexity index is 660. The number of carbonyl (C=O) groups is 2. The summed E-state index contributed by atoms with van der Waals surface area (Å²) in [5.74, 6) is -0.0750. The van der Waals surface area contributed by atoms with E-state index in [4.69, 9.17) is 9.05 Å². The molecule has 0 aliphatic rings. The summed E-state index contributed by atoms with van der Waals surface area (Å²) >= 11 is 0. The van der Waals surface area contributed by atoms with Gasteiger partial charge < -0.3 is 13.9 Å². The number of benzene rings is 2. The van der Waals surface area contributed by atoms with Gasteiger partial charge in [-0.1, -0.05) is 24.3 Å². The molecular formula is C14H10NaO6P. The summed E-state index contributed by atoms with van der Waals surface area (Å²) in [6.07, 6.45) is 1.13. The molecule has 0 aliphatic heterocycles. The SMILES string of the molecule is O=Cc1cccc(OP(=O)([O-])Oc2cccc(C=O)c2)c1.[Na+]. The second-order valence-corrected chi connectivity index (χ2v) is 5.27. The van der Waals surface area contributed by atoms with Crippen molar-refractivity contribution in [2.75, 3.05) is 0 Å². The van der Waals surface area contributed by atoms with E-state index < -0.39 is 7.82 Å². The number of hydrogen-bond donors (Lipinski definition) is 0. The number of phosphoric ester groups is 1. The monoisotopic (exact) mass is 328 g/mol. The average Bonchev–Trinajstić information content (AvgIpc) is 2.46. The van der Waals surface area contributed by atoms with Gasteiger partial charge in [0.15, 0.2) is 0 Å². The van der Waals surface area contributed by atoms with Crippen molar-refractivity contribution in [3.05, 3.63) is 59.7 Å². The van der Waals surface area contributed by atoms with E-state index in [0.29, 0.717) is 12.6 Å². The van der Waals surface area contributed by atoms with Crippen LogP contribution in [0.15, 0.2) is 48.5 Å². The molecule has 0 saturated heterocycles. The molecule has 2 aromatic carbocycles. The van der Waals surface area contributed by atoms with Gasteiger partial charge in [0, 0.05) is 11.1 Å². The molecule has 0 aliphatic carbocycles. The van der Waals surface area contributed by atoms with Gasteiger partial charge in [0.25, 0.3) is 0 Å². The van der Waals surface area contributed by atoms with Crippen molar-refractivity contribution >= 4 is 20.4 Å². The maximum absolute atomic E-state index is 11.8. The minimum atomic E-state index is -4.68. The van der Waals surface area contributed by atoms with Crippen molar-refractivity contribution in [3.8, 4) is 11.5 Å². The van der Waals surface area contributed by atoms with Crippen LogP contribution in [0.2, 0.25) is 0 Å². The van der Waals surface area contributed by atoms with Crippen LogP contribution in [0.25, 0.3) is 0 Å². The fourth-order valence-electron chi connectivity index (χ4n) is 1.57. The van der Waals surface area contributed by atoms with E-state index in [1.165, 1.54) is 48.5 Å². The van der Waals surface area contributed by atoms with E-state index in [9.17, 15) is 19.0 Å². The predicted molar refractivity (Wildman–Crippen MR) is 72.5 cm³/mol. The van der Waals surface area contributed by atoms with Crippen LogP contribution in [0.3, 0.4) is 0 Å². The Morgan fingerprint density at radius 1 is 0.864 bits per heavy atom. The molecule has 0 unspecified atom stereocenters. The maximum atomic E-state index is 11.8. The molecule has 8 heteroatoms. The minimum absolute atomic E-state index is 0. The van der Waals surface area contributed by atoms with Crippen LogP contribution in [-0.4, -0.2) is 12.6 Å². The van der Waals surface area contributed by atoms with Gasteiger partial charge in [-0.3, -0.25) is 9.59 Å². The molecule has 2 rings (SSSR count). The quantitative estimate of drug-likeness (QED) is 0.393. The van der Waals surface area contributed by atoms with E-state index in [2.05, 4.69) is 0 Å². The van der Waals surface area contributed by atoms with Gasteiger partial charge >= 0.3 is 37.4 Å². The zero-order valence-electron chi connectivity index (χ0n) is 11.7. The van der Waals surface area contributed by atoms with Crippen LogP contribution in [0.5, 0.6) is 11.5 Å². The van der Waals surface area contributed by atoms with Crippen LogP contribution >= 0.6 is 7.82 Å². The molecule has 0 aromatic heterocycles. The molecule has 22 heavy (non-hydrogen) atoms. The summed E-state index contributed by atoms with van der Waals surface area (Å²) in [5, 5.41) is 0. The van der Waals surface area contributed by atoms with Crippen LogP contribution in [0.1, 0.15) is 20.7 Å². The second kappa shape index (κ2) is 8.27. The van der Waals surface area contributed by atoms with Crippen molar-refractivity contribution in [1.82, 2.24) is 0 Å². The smallest absolute Gasteiger partial charge is 0.736 e. The molecule has 0 atom stereocenters. The van der Waals surface area contributed by atoms with Crippen molar-refractivity contribution in [2.45, 2.75) is 0 Å². The standard InChI is InChI=1S/C14H11O6P.Na/c15-9-11-3-1-5-13(7-11)19-21(17,18)20-14-6-2-4-12(8-14)10-16;/h1-10H,(H,17,18);/q;+1/p-1. The first kappa shape index (κ1) is 18.6. The Morgan fingerprint density at radius 2 is 1.27 bits per heavy atom. The molecule has 0 amide bonds. The fraction of sp³-hybridized carbons (Fsp3) is 0. The summed E-state index contributed by atoms with van der Waals surface area (Å²) in [6, 6.07) is 11.3. The van der Waals surface area contributed by atoms with E-state index in [0.717, 1.165) is 0 Å². The van der Waals surface area contributed by atoms with E-state index in [-0.39, 0.29) is 52.2 Å². The molecule has 0 fully saturated rings. The molecule has 2 aromatic rings. The molecule has 0 heterocycles. The Labute approximate surface area is 149 Å². The van der Waals surface area contributed by atoms with Crippen molar-refractivity contribution in [1.29, 1.82) is 0 Å². The van der Waals surface area contributed by atoms with Crippen molar-refractivity contribution in [2.24, 2.45) is 0 Å². The van der Waals surface area contributed by atoms with Gasteiger partial charge in [-0.05, 0) is 24.3 Å². The topological polar surface area (TPSA) is 92.7 Å². The van der Waals surface area contributed by atoms with E-state index >= 15 is 0 Å². The minimum Gasteiger partial charge on any atom is -0.736 e. The Kier molecular flexibility index (Phi) is 7.00. The Hall–Kier alpha value is -1.43. The van der Waals surface area contributed by atoms with E-state index in [1.807, 2.05) is 0 Å². The summed E-state index contributed by atoms with van der Waals surface area (Å²) in [6.45, 7) is 0. The number of aldehydes is 2. The molecule has 0 N–H and O–H groups in total. The summed E-state index contributed by atoms with van der Waals surface area (Å²) in [7, 11) is -4.68. The van der Waals surface area contributed by atoms with Gasteiger partial charge in [-0.15, -0.1) is 0 Å². The zero-order valence-corrected chi connectivity index (χ0v) is 14.6. The van der Waals surface area contributed by atoms with Gasteiger partial charge in [0.1, 0.15) is 24.1 Å². The summed E-state index contributed by atoms with van der Waals surface area (Å²) in [4.78, 5) is 33.0. The summed E-state index contributed by atoms with van der Waals surface area (Å²) in [5.41, 5.74) is 0.547. The Balaban J connectivity index is 0.00000242. The molecule has 6 nitrogen and oxygen atoms in total. The van der Waals surface area contributed by atoms with E-state index in [1.54, 1.807) is 0 Å². The molecule has 0 saturated carbocycles. The number of hydrogen-bond acceptors (Lipinski definition) is 6. The predicted octanol–water partition coefficient (Wildman–Crippen LogP) is -0.758. The van der Waals surface area contributed by atoms with Crippen LogP contribution in [0, 0.1) is 0 Å². The van der Waals surface area contributed by atoms with Crippen molar-refractivity contribution < 1.29 is 57.7 Å². The largest absolute Gasteiger partial charge is 1.00 e. The molecule has 0 radical (unpaired) electrons. The summed E-state index contributed by atoms with van der Waals surface area (Å²) < 4.78 is 21.3. The van der Waals surface area contributed by atoms with Crippen LogP contribution < -0.4 is 43.5 Å². The molecular weight excluding hydrogens is 318 g/mol.